The number of rotatable bonds is 1. The molecule has 0 aliphatic rings. The van der Waals surface area contributed by atoms with Crippen molar-refractivity contribution in [1.82, 2.24) is 4.98 Å². The summed E-state index contributed by atoms with van der Waals surface area (Å²) in [4.78, 5) is 15.2. The Bertz CT molecular complexity index is 343. The molecule has 0 aromatic carbocycles. The van der Waals surface area contributed by atoms with Crippen LogP contribution < -0.4 is 10.8 Å². The highest BCUT2D eigenvalue weighted by molar-refractivity contribution is 6.32. The number of amides is 1. The Hall–Kier alpha value is -1.52. The summed E-state index contributed by atoms with van der Waals surface area (Å²) in [5.74, 6) is 0.415. The van der Waals surface area contributed by atoms with E-state index in [1.165, 1.54) is 6.20 Å². The zero-order valence-electron chi connectivity index (χ0n) is 9.07. The number of aromatic nitrogens is 1. The summed E-state index contributed by atoms with van der Waals surface area (Å²) < 4.78 is 5.05. The Morgan fingerprint density at radius 3 is 2.60 bits per heavy atom. The minimum absolute atomic E-state index is 0.415. The van der Waals surface area contributed by atoms with Crippen LogP contribution in [0.25, 0.3) is 0 Å². The molecular weight excluding hydrogens is 191 g/mol. The molecule has 1 N–H and O–H groups in total. The molecule has 1 amide bonds. The van der Waals surface area contributed by atoms with Crippen LogP contribution in [-0.2, 0) is 4.74 Å². The van der Waals surface area contributed by atoms with E-state index in [1.807, 2.05) is 0 Å². The first-order valence-electron chi connectivity index (χ1n) is 4.58. The van der Waals surface area contributed by atoms with Crippen molar-refractivity contribution in [2.24, 2.45) is 0 Å². The predicted molar refractivity (Wildman–Crippen MR) is 59.5 cm³/mol. The van der Waals surface area contributed by atoms with Crippen LogP contribution in [0.15, 0.2) is 18.3 Å². The highest BCUT2D eigenvalue weighted by Crippen LogP contribution is 2.08. The lowest BCUT2D eigenvalue weighted by atomic mass is 9.99. The Morgan fingerprint density at radius 2 is 2.13 bits per heavy atom. The molecule has 15 heavy (non-hydrogen) atoms. The third kappa shape index (κ3) is 4.49. The minimum atomic E-state index is -0.528. The Balaban J connectivity index is 2.55. The predicted octanol–water partition coefficient (Wildman–Crippen LogP) is 1.22. The number of carbonyl (C=O) groups is 1. The van der Waals surface area contributed by atoms with E-state index in [2.05, 4.69) is 10.3 Å². The maximum atomic E-state index is 11.3. The maximum Gasteiger partial charge on any atom is 0.413 e. The monoisotopic (exact) mass is 204 g/mol. The van der Waals surface area contributed by atoms with Gasteiger partial charge in [0.25, 0.3) is 0 Å². The fraction of sp³-hybridized carbons (Fsp3) is 0.400. The van der Waals surface area contributed by atoms with Crippen LogP contribution in [0.3, 0.4) is 0 Å². The molecule has 0 fully saturated rings. The zero-order chi connectivity index (χ0) is 11.5. The molecule has 1 heterocycles. The summed E-state index contributed by atoms with van der Waals surface area (Å²) in [6.07, 6.45) is 0.937. The van der Waals surface area contributed by atoms with E-state index < -0.39 is 11.7 Å². The van der Waals surface area contributed by atoms with Gasteiger partial charge in [0.2, 0.25) is 0 Å². The van der Waals surface area contributed by atoms with E-state index in [-0.39, 0.29) is 0 Å². The van der Waals surface area contributed by atoms with Crippen LogP contribution in [0.5, 0.6) is 0 Å². The molecule has 0 aliphatic carbocycles. The highest BCUT2D eigenvalue weighted by Gasteiger charge is 2.16. The minimum Gasteiger partial charge on any atom is -0.444 e. The molecule has 1 aromatic rings. The molecule has 0 unspecified atom stereocenters. The van der Waals surface area contributed by atoms with Crippen molar-refractivity contribution in [3.8, 4) is 0 Å². The molecule has 4 nitrogen and oxygen atoms in total. The van der Waals surface area contributed by atoms with Crippen LogP contribution in [0.1, 0.15) is 20.8 Å². The number of ether oxygens (including phenoxy) is 1. The van der Waals surface area contributed by atoms with Gasteiger partial charge in [0.1, 0.15) is 19.3 Å². The number of hydrogen-bond donors (Lipinski definition) is 1. The molecule has 0 saturated carbocycles. The van der Waals surface area contributed by atoms with Gasteiger partial charge in [0.05, 0.1) is 0 Å². The van der Waals surface area contributed by atoms with Gasteiger partial charge in [-0.1, -0.05) is 11.5 Å². The fourth-order valence-corrected chi connectivity index (χ4v) is 0.887. The topological polar surface area (TPSA) is 51.2 Å². The average Bonchev–Trinajstić information content (AvgIpc) is 2.05. The molecule has 0 bridgehead atoms. The van der Waals surface area contributed by atoms with E-state index in [1.54, 1.807) is 32.9 Å². The summed E-state index contributed by atoms with van der Waals surface area (Å²) in [7, 11) is 5.45. The normalized spacial score (nSPS) is 10.9. The first kappa shape index (κ1) is 11.6. The van der Waals surface area contributed by atoms with E-state index in [0.717, 1.165) is 0 Å². The molecule has 1 rings (SSSR count). The van der Waals surface area contributed by atoms with Crippen molar-refractivity contribution in [3.63, 3.8) is 0 Å². The quantitative estimate of drug-likeness (QED) is 0.699. The van der Waals surface area contributed by atoms with Gasteiger partial charge in [0, 0.05) is 6.20 Å². The summed E-state index contributed by atoms with van der Waals surface area (Å²) >= 11 is 0. The van der Waals surface area contributed by atoms with Gasteiger partial charge in [-0.2, -0.15) is 0 Å². The second-order valence-electron chi connectivity index (χ2n) is 4.10. The zero-order valence-corrected chi connectivity index (χ0v) is 9.07. The van der Waals surface area contributed by atoms with Crippen molar-refractivity contribution >= 4 is 25.2 Å². The number of carbonyl (C=O) groups excluding carboxylic acids is 1. The van der Waals surface area contributed by atoms with Crippen molar-refractivity contribution in [1.29, 1.82) is 0 Å². The number of anilines is 1. The van der Waals surface area contributed by atoms with Crippen LogP contribution in [0.4, 0.5) is 10.6 Å². The molecule has 5 heteroatoms. The number of pyridine rings is 1. The Labute approximate surface area is 90.5 Å². The van der Waals surface area contributed by atoms with Crippen LogP contribution >= 0.6 is 0 Å². The van der Waals surface area contributed by atoms with Gasteiger partial charge in [-0.05, 0) is 26.8 Å². The van der Waals surface area contributed by atoms with Gasteiger partial charge >= 0.3 is 6.09 Å². The van der Waals surface area contributed by atoms with Crippen molar-refractivity contribution in [3.05, 3.63) is 18.3 Å². The first-order chi connectivity index (χ1) is 6.87. The van der Waals surface area contributed by atoms with E-state index >= 15 is 0 Å². The van der Waals surface area contributed by atoms with Crippen molar-refractivity contribution in [2.75, 3.05) is 5.32 Å². The number of hydrogen-bond acceptors (Lipinski definition) is 3. The maximum absolute atomic E-state index is 11.3. The van der Waals surface area contributed by atoms with Gasteiger partial charge in [-0.3, -0.25) is 5.32 Å². The largest absolute Gasteiger partial charge is 0.444 e. The lowest BCUT2D eigenvalue weighted by molar-refractivity contribution is 0.0635. The highest BCUT2D eigenvalue weighted by atomic mass is 16.6. The molecule has 0 aliphatic heterocycles. The fourth-order valence-electron chi connectivity index (χ4n) is 0.887. The Kier molecular flexibility index (Phi) is 3.34. The van der Waals surface area contributed by atoms with Crippen LogP contribution in [0.2, 0.25) is 0 Å². The smallest absolute Gasteiger partial charge is 0.413 e. The van der Waals surface area contributed by atoms with Crippen molar-refractivity contribution < 1.29 is 9.53 Å². The molecule has 2 radical (unpaired) electrons. The second kappa shape index (κ2) is 4.34. The SMILES string of the molecule is [B]c1ccc(NC(=O)OC(C)(C)C)nc1. The van der Waals surface area contributed by atoms with Crippen LogP contribution in [0, 0.1) is 0 Å². The first-order valence-corrected chi connectivity index (χ1v) is 4.58. The van der Waals surface area contributed by atoms with Gasteiger partial charge in [-0.25, -0.2) is 9.78 Å². The van der Waals surface area contributed by atoms with Gasteiger partial charge < -0.3 is 4.74 Å². The number of nitrogens with zero attached hydrogens (tertiary/aromatic N) is 1. The van der Waals surface area contributed by atoms with E-state index in [9.17, 15) is 4.79 Å². The molecular formula is C10H13BN2O2. The van der Waals surface area contributed by atoms with E-state index in [0.29, 0.717) is 11.3 Å². The van der Waals surface area contributed by atoms with Gasteiger partial charge in [0.15, 0.2) is 0 Å². The summed E-state index contributed by atoms with van der Waals surface area (Å²) in [6, 6.07) is 3.26. The molecule has 0 atom stereocenters. The summed E-state index contributed by atoms with van der Waals surface area (Å²) in [5.41, 5.74) is 0.0301. The molecule has 0 spiro atoms. The Morgan fingerprint density at radius 1 is 1.47 bits per heavy atom. The molecule has 1 aromatic heterocycles. The van der Waals surface area contributed by atoms with Gasteiger partial charge in [-0.15, -0.1) is 0 Å². The molecule has 78 valence electrons. The van der Waals surface area contributed by atoms with Crippen molar-refractivity contribution in [2.45, 2.75) is 26.4 Å². The lowest BCUT2D eigenvalue weighted by Crippen LogP contribution is -2.27. The lowest BCUT2D eigenvalue weighted by Gasteiger charge is -2.19. The summed E-state index contributed by atoms with van der Waals surface area (Å²) in [5, 5.41) is 2.50. The third-order valence-corrected chi connectivity index (χ3v) is 1.42. The summed E-state index contributed by atoms with van der Waals surface area (Å²) in [6.45, 7) is 5.38. The molecule has 0 saturated heterocycles. The standard InChI is InChI=1S/C10H13BN2O2/c1-10(2,3)15-9(14)13-8-5-4-7(11)6-12-8/h4-6H,1-3H3,(H,12,13,14). The third-order valence-electron chi connectivity index (χ3n) is 1.42. The second-order valence-corrected chi connectivity index (χ2v) is 4.10. The van der Waals surface area contributed by atoms with E-state index in [4.69, 9.17) is 12.6 Å². The van der Waals surface area contributed by atoms with Crippen LogP contribution in [-0.4, -0.2) is 24.5 Å². The number of nitrogens with one attached hydrogen (secondary N) is 1. The average molecular weight is 204 g/mol.